The molecule has 3 aromatic rings. The molecule has 0 saturated carbocycles. The molecule has 0 aliphatic heterocycles. The third-order valence-corrected chi connectivity index (χ3v) is 3.94. The lowest BCUT2D eigenvalue weighted by Gasteiger charge is -2.12. The number of anilines is 1. The molecule has 0 atom stereocenters. The number of rotatable bonds is 8. The molecule has 0 aliphatic rings. The van der Waals surface area contributed by atoms with E-state index < -0.39 is 10.5 Å². The molecule has 0 saturated heterocycles. The van der Waals surface area contributed by atoms with Crippen LogP contribution >= 0.6 is 0 Å². The lowest BCUT2D eigenvalue weighted by atomic mass is 10.1. The minimum atomic E-state index is -0.559. The Morgan fingerprint density at radius 1 is 1.27 bits per heavy atom. The fraction of sp³-hybridized carbons (Fsp3) is 0.158. The summed E-state index contributed by atoms with van der Waals surface area (Å²) in [5.74, 6) is 0.237. The Labute approximate surface area is 170 Å². The van der Waals surface area contributed by atoms with Crippen LogP contribution in [-0.2, 0) is 6.61 Å². The fourth-order valence-corrected chi connectivity index (χ4v) is 2.46. The van der Waals surface area contributed by atoms with Gasteiger partial charge < -0.3 is 9.47 Å². The van der Waals surface area contributed by atoms with Gasteiger partial charge in [0.25, 0.3) is 5.56 Å². The van der Waals surface area contributed by atoms with Crippen LogP contribution in [0, 0.1) is 17.0 Å². The molecule has 2 aromatic carbocycles. The summed E-state index contributed by atoms with van der Waals surface area (Å²) in [6.45, 7) is 1.66. The van der Waals surface area contributed by atoms with E-state index in [1.54, 1.807) is 6.07 Å². The van der Waals surface area contributed by atoms with Gasteiger partial charge in [-0.2, -0.15) is 5.10 Å². The second kappa shape index (κ2) is 9.28. The normalized spacial score (nSPS) is 10.7. The molecule has 0 bridgehead atoms. The van der Waals surface area contributed by atoms with Crippen LogP contribution in [0.25, 0.3) is 0 Å². The van der Waals surface area contributed by atoms with E-state index in [0.717, 1.165) is 5.56 Å². The Kier molecular flexibility index (Phi) is 6.33. The van der Waals surface area contributed by atoms with Crippen molar-refractivity contribution in [2.24, 2.45) is 5.10 Å². The average Bonchev–Trinajstić information content (AvgIpc) is 2.75. The molecule has 11 heteroatoms. The number of methoxy groups -OCH3 is 1. The van der Waals surface area contributed by atoms with Crippen LogP contribution in [0.1, 0.15) is 16.8 Å². The second-order valence-electron chi connectivity index (χ2n) is 6.06. The highest BCUT2D eigenvalue weighted by Crippen LogP contribution is 2.38. The molecule has 1 heterocycles. The molecular weight excluding hydrogens is 392 g/mol. The Balaban J connectivity index is 1.83. The topological polar surface area (TPSA) is 145 Å². The quantitative estimate of drug-likeness (QED) is 0.327. The number of hydrazone groups is 1. The third-order valence-electron chi connectivity index (χ3n) is 3.94. The maximum Gasteiger partial charge on any atom is 0.315 e. The number of nitro benzene ring substituents is 1. The smallest absolute Gasteiger partial charge is 0.315 e. The predicted octanol–water partition coefficient (Wildman–Crippen LogP) is 2.42. The van der Waals surface area contributed by atoms with Gasteiger partial charge in [-0.05, 0) is 18.6 Å². The molecule has 0 amide bonds. The Morgan fingerprint density at radius 3 is 2.70 bits per heavy atom. The number of aromatic nitrogens is 3. The zero-order chi connectivity index (χ0) is 21.5. The highest BCUT2D eigenvalue weighted by molar-refractivity contribution is 5.83. The van der Waals surface area contributed by atoms with Gasteiger partial charge in [-0.3, -0.25) is 19.9 Å². The van der Waals surface area contributed by atoms with Crippen LogP contribution in [0.15, 0.2) is 52.4 Å². The predicted molar refractivity (Wildman–Crippen MR) is 109 cm³/mol. The van der Waals surface area contributed by atoms with Gasteiger partial charge in [0.05, 0.1) is 18.2 Å². The lowest BCUT2D eigenvalue weighted by molar-refractivity contribution is -0.386. The number of H-pyrrole nitrogens is 1. The Hall–Kier alpha value is -4.28. The summed E-state index contributed by atoms with van der Waals surface area (Å²) in [6, 6.07) is 12.1. The molecule has 0 radical (unpaired) electrons. The molecule has 30 heavy (non-hydrogen) atoms. The van der Waals surface area contributed by atoms with Crippen molar-refractivity contribution < 1.29 is 14.4 Å². The highest BCUT2D eigenvalue weighted by Gasteiger charge is 2.22. The number of aryl methyl sites for hydroxylation is 1. The van der Waals surface area contributed by atoms with Crippen molar-refractivity contribution in [2.75, 3.05) is 12.5 Å². The molecule has 154 valence electrons. The number of hydrogen-bond donors (Lipinski definition) is 2. The van der Waals surface area contributed by atoms with Crippen molar-refractivity contribution in [2.45, 2.75) is 13.5 Å². The molecule has 0 fully saturated rings. The maximum absolute atomic E-state index is 11.6. The van der Waals surface area contributed by atoms with Gasteiger partial charge in [-0.1, -0.05) is 30.3 Å². The first-order valence-electron chi connectivity index (χ1n) is 8.73. The van der Waals surface area contributed by atoms with Crippen LogP contribution in [0.3, 0.4) is 0 Å². The number of nitro groups is 1. The number of hydrogen-bond acceptors (Lipinski definition) is 9. The summed E-state index contributed by atoms with van der Waals surface area (Å²) in [6.07, 6.45) is 1.32. The SMILES string of the molecule is COc1cc(/C=N/Nc2nnc(C)c(=O)[nH]2)cc([N+](=O)[O-])c1OCc1ccccc1. The average molecular weight is 410 g/mol. The van der Waals surface area contributed by atoms with E-state index in [-0.39, 0.29) is 35.4 Å². The molecule has 3 rings (SSSR count). The van der Waals surface area contributed by atoms with Crippen LogP contribution in [0.5, 0.6) is 11.5 Å². The monoisotopic (exact) mass is 410 g/mol. The summed E-state index contributed by atoms with van der Waals surface area (Å²) in [5, 5.41) is 22.9. The van der Waals surface area contributed by atoms with Crippen LogP contribution in [0.4, 0.5) is 11.6 Å². The van der Waals surface area contributed by atoms with Gasteiger partial charge in [0.1, 0.15) is 12.3 Å². The van der Waals surface area contributed by atoms with Gasteiger partial charge in [0.15, 0.2) is 5.75 Å². The number of ether oxygens (including phenoxy) is 2. The van der Waals surface area contributed by atoms with Crippen molar-refractivity contribution in [1.29, 1.82) is 0 Å². The van der Waals surface area contributed by atoms with Crippen molar-refractivity contribution in [3.8, 4) is 11.5 Å². The van der Waals surface area contributed by atoms with Gasteiger partial charge in [0, 0.05) is 11.6 Å². The van der Waals surface area contributed by atoms with Crippen molar-refractivity contribution in [3.05, 3.63) is 79.8 Å². The zero-order valence-electron chi connectivity index (χ0n) is 16.2. The van der Waals surface area contributed by atoms with Crippen molar-refractivity contribution >= 4 is 17.9 Å². The highest BCUT2D eigenvalue weighted by atomic mass is 16.6. The first-order chi connectivity index (χ1) is 14.5. The molecule has 0 spiro atoms. The van der Waals surface area contributed by atoms with E-state index in [0.29, 0.717) is 5.56 Å². The third kappa shape index (κ3) is 4.95. The molecule has 1 aromatic heterocycles. The van der Waals surface area contributed by atoms with Gasteiger partial charge in [-0.25, -0.2) is 5.43 Å². The molecular formula is C19H18N6O5. The summed E-state index contributed by atoms with van der Waals surface area (Å²) in [4.78, 5) is 25.0. The standard InChI is InChI=1S/C19H18N6O5/c1-12-18(26)21-19(24-22-12)23-20-10-14-8-15(25(27)28)17(16(9-14)29-2)30-11-13-6-4-3-5-7-13/h3-10H,11H2,1-2H3,(H2,21,23,24,26)/b20-10+. The van der Waals surface area contributed by atoms with E-state index in [4.69, 9.17) is 9.47 Å². The molecule has 2 N–H and O–H groups in total. The van der Waals surface area contributed by atoms with Crippen molar-refractivity contribution in [3.63, 3.8) is 0 Å². The van der Waals surface area contributed by atoms with E-state index in [2.05, 4.69) is 25.7 Å². The molecule has 0 unspecified atom stereocenters. The van der Waals surface area contributed by atoms with E-state index in [1.807, 2.05) is 30.3 Å². The maximum atomic E-state index is 11.6. The zero-order valence-corrected chi connectivity index (χ0v) is 16.2. The Bertz CT molecular complexity index is 1130. The van der Waals surface area contributed by atoms with E-state index >= 15 is 0 Å². The number of nitrogens with zero attached hydrogens (tertiary/aromatic N) is 4. The number of nitrogens with one attached hydrogen (secondary N) is 2. The minimum Gasteiger partial charge on any atom is -0.493 e. The summed E-state index contributed by atoms with van der Waals surface area (Å²) in [7, 11) is 1.39. The summed E-state index contributed by atoms with van der Waals surface area (Å²) >= 11 is 0. The van der Waals surface area contributed by atoms with Gasteiger partial charge in [0.2, 0.25) is 11.7 Å². The Morgan fingerprint density at radius 2 is 2.03 bits per heavy atom. The number of benzene rings is 2. The van der Waals surface area contributed by atoms with Gasteiger partial charge >= 0.3 is 5.69 Å². The largest absolute Gasteiger partial charge is 0.493 e. The van der Waals surface area contributed by atoms with E-state index in [9.17, 15) is 14.9 Å². The van der Waals surface area contributed by atoms with Gasteiger partial charge in [-0.15, -0.1) is 10.2 Å². The fourth-order valence-electron chi connectivity index (χ4n) is 2.46. The number of aromatic amines is 1. The van der Waals surface area contributed by atoms with E-state index in [1.165, 1.54) is 26.3 Å². The van der Waals surface area contributed by atoms with Crippen molar-refractivity contribution in [1.82, 2.24) is 15.2 Å². The lowest BCUT2D eigenvalue weighted by Crippen LogP contribution is -2.15. The van der Waals surface area contributed by atoms with Crippen LogP contribution in [0.2, 0.25) is 0 Å². The minimum absolute atomic E-state index is 0.0187. The first kappa shape index (κ1) is 20.5. The second-order valence-corrected chi connectivity index (χ2v) is 6.06. The van der Waals surface area contributed by atoms with Crippen LogP contribution in [-0.4, -0.2) is 33.4 Å². The summed E-state index contributed by atoms with van der Waals surface area (Å²) < 4.78 is 11.0. The first-order valence-corrected chi connectivity index (χ1v) is 8.73. The molecule has 0 aliphatic carbocycles. The molecule has 11 nitrogen and oxygen atoms in total. The van der Waals surface area contributed by atoms with Crippen LogP contribution < -0.4 is 20.5 Å². The summed E-state index contributed by atoms with van der Waals surface area (Å²) in [5.41, 5.74) is 3.29.